The van der Waals surface area contributed by atoms with Crippen molar-refractivity contribution in [2.75, 3.05) is 20.7 Å². The molecule has 0 bridgehead atoms. The molecule has 0 atom stereocenters. The first kappa shape index (κ1) is 13.8. The second-order valence-corrected chi connectivity index (χ2v) is 6.30. The fourth-order valence-electron chi connectivity index (χ4n) is 3.83. The first-order chi connectivity index (χ1) is 12.8. The van der Waals surface area contributed by atoms with E-state index in [-0.39, 0.29) is 13.6 Å². The van der Waals surface area contributed by atoms with Crippen molar-refractivity contribution in [3.63, 3.8) is 0 Å². The Morgan fingerprint density at radius 2 is 1.65 bits per heavy atom. The monoisotopic (exact) mass is 348 g/mol. The predicted molar refractivity (Wildman–Crippen MR) is 94.3 cm³/mol. The average molecular weight is 348 g/mol. The summed E-state index contributed by atoms with van der Waals surface area (Å²) >= 11 is 0. The van der Waals surface area contributed by atoms with Crippen molar-refractivity contribution >= 4 is 32.4 Å². The van der Waals surface area contributed by atoms with Gasteiger partial charge in [-0.1, -0.05) is 6.07 Å². The van der Waals surface area contributed by atoms with Gasteiger partial charge in [-0.25, -0.2) is 4.98 Å². The molecule has 0 saturated heterocycles. The van der Waals surface area contributed by atoms with Gasteiger partial charge in [0.15, 0.2) is 29.2 Å². The first-order valence-corrected chi connectivity index (χ1v) is 8.30. The summed E-state index contributed by atoms with van der Waals surface area (Å²) in [6, 6.07) is 10.0. The van der Waals surface area contributed by atoms with Crippen molar-refractivity contribution in [2.24, 2.45) is 0 Å². The van der Waals surface area contributed by atoms with Crippen LogP contribution in [0.15, 0.2) is 36.5 Å². The van der Waals surface area contributed by atoms with Crippen molar-refractivity contribution in [3.05, 3.63) is 36.5 Å². The van der Waals surface area contributed by atoms with Crippen molar-refractivity contribution in [3.8, 4) is 28.7 Å². The highest BCUT2D eigenvalue weighted by Gasteiger charge is 2.25. The van der Waals surface area contributed by atoms with Crippen LogP contribution in [-0.4, -0.2) is 20.7 Å². The van der Waals surface area contributed by atoms with Crippen LogP contribution in [0.5, 0.6) is 28.7 Å². The minimum absolute atomic E-state index is 0.212. The smallest absolute Gasteiger partial charge is 0.231 e. The van der Waals surface area contributed by atoms with Crippen LogP contribution in [0.2, 0.25) is 0 Å². The van der Waals surface area contributed by atoms with Gasteiger partial charge in [-0.2, -0.15) is 0 Å². The van der Waals surface area contributed by atoms with Crippen LogP contribution in [0.4, 0.5) is 0 Å². The van der Waals surface area contributed by atoms with Gasteiger partial charge in [0.25, 0.3) is 0 Å². The van der Waals surface area contributed by atoms with Gasteiger partial charge in [0.2, 0.25) is 19.1 Å². The van der Waals surface area contributed by atoms with E-state index in [1.54, 1.807) is 7.11 Å². The Labute approximate surface area is 147 Å². The van der Waals surface area contributed by atoms with E-state index >= 15 is 0 Å². The van der Waals surface area contributed by atoms with Gasteiger partial charge in [0.05, 0.1) is 28.7 Å². The summed E-state index contributed by atoms with van der Waals surface area (Å²) in [6.45, 7) is 0.468. The minimum atomic E-state index is 0.212. The van der Waals surface area contributed by atoms with Crippen LogP contribution < -0.4 is 28.7 Å². The number of benzene rings is 3. The molecule has 6 nitrogen and oxygen atoms in total. The molecule has 0 aliphatic carbocycles. The number of nitrogens with one attached hydrogen (secondary N) is 1. The van der Waals surface area contributed by atoms with Crippen molar-refractivity contribution in [1.82, 2.24) is 0 Å². The third-order valence-corrected chi connectivity index (χ3v) is 5.03. The number of fused-ring (bicyclic) bond motifs is 8. The Kier molecular flexibility index (Phi) is 2.56. The van der Waals surface area contributed by atoms with Gasteiger partial charge in [0, 0.05) is 6.07 Å². The van der Waals surface area contributed by atoms with Crippen LogP contribution >= 0.6 is 0 Å². The third-order valence-electron chi connectivity index (χ3n) is 5.03. The lowest BCUT2D eigenvalue weighted by Crippen LogP contribution is -2.05. The number of methoxy groups -OCH3 is 1. The summed E-state index contributed by atoms with van der Waals surface area (Å²) < 4.78 is 28.0. The Morgan fingerprint density at radius 1 is 0.846 bits per heavy atom. The van der Waals surface area contributed by atoms with E-state index in [4.69, 9.17) is 23.7 Å². The van der Waals surface area contributed by atoms with E-state index < -0.39 is 0 Å². The molecule has 26 heavy (non-hydrogen) atoms. The Bertz CT molecular complexity index is 1230. The quantitative estimate of drug-likeness (QED) is 0.493. The molecule has 2 aliphatic rings. The van der Waals surface area contributed by atoms with Crippen LogP contribution in [0.1, 0.15) is 0 Å². The van der Waals surface area contributed by atoms with Gasteiger partial charge in [-0.3, -0.25) is 0 Å². The summed E-state index contributed by atoms with van der Waals surface area (Å²) in [6.07, 6.45) is 1.95. The number of pyridine rings is 1. The molecule has 0 radical (unpaired) electrons. The van der Waals surface area contributed by atoms with E-state index in [0.717, 1.165) is 55.4 Å². The maximum absolute atomic E-state index is 5.77. The third kappa shape index (κ3) is 1.68. The molecule has 0 fully saturated rings. The van der Waals surface area contributed by atoms with E-state index in [1.807, 2.05) is 24.4 Å². The highest BCUT2D eigenvalue weighted by Crippen LogP contribution is 2.47. The van der Waals surface area contributed by atoms with E-state index in [2.05, 4.69) is 17.1 Å². The number of aromatic nitrogens is 1. The highest BCUT2D eigenvalue weighted by molar-refractivity contribution is 6.17. The predicted octanol–water partition coefficient (Wildman–Crippen LogP) is 3.43. The average Bonchev–Trinajstić information content (AvgIpc) is 3.33. The fraction of sp³-hybridized carbons (Fsp3) is 0.150. The van der Waals surface area contributed by atoms with Gasteiger partial charge in [-0.15, -0.1) is 0 Å². The second-order valence-electron chi connectivity index (χ2n) is 6.30. The topological polar surface area (TPSA) is 60.3 Å². The molecular weight excluding hydrogens is 334 g/mol. The highest BCUT2D eigenvalue weighted by atomic mass is 16.7. The molecule has 128 valence electrons. The number of ether oxygens (including phenoxy) is 5. The standard InChI is InChI=1S/C20H13NO5/c1-22-14-6-17-20(26-9-25-17)18-11-3-2-10-4-15-16(24-8-23-15)5-12(10)19(11)21-7-13(14)18/h2-7H,8-9H2,1H3/p+1. The van der Waals surface area contributed by atoms with E-state index in [9.17, 15) is 0 Å². The Hall–Kier alpha value is -3.41. The van der Waals surface area contributed by atoms with Crippen molar-refractivity contribution < 1.29 is 28.7 Å². The minimum Gasteiger partial charge on any atom is -0.496 e. The largest absolute Gasteiger partial charge is 0.496 e. The van der Waals surface area contributed by atoms with Gasteiger partial charge >= 0.3 is 0 Å². The summed E-state index contributed by atoms with van der Waals surface area (Å²) in [7, 11) is 1.65. The van der Waals surface area contributed by atoms with Crippen molar-refractivity contribution in [2.45, 2.75) is 0 Å². The lowest BCUT2D eigenvalue weighted by Gasteiger charge is -2.09. The lowest BCUT2D eigenvalue weighted by atomic mass is 10.00. The fourth-order valence-corrected chi connectivity index (χ4v) is 3.83. The number of H-pyrrole nitrogens is 1. The molecule has 3 aromatic carbocycles. The molecule has 2 aliphatic heterocycles. The summed E-state index contributed by atoms with van der Waals surface area (Å²) in [4.78, 5) is 3.42. The molecule has 0 saturated carbocycles. The maximum atomic E-state index is 5.77. The number of hydrogen-bond donors (Lipinski definition) is 0. The van der Waals surface area contributed by atoms with E-state index in [1.165, 1.54) is 0 Å². The molecule has 0 spiro atoms. The molecule has 1 aromatic heterocycles. The molecule has 1 N–H and O–H groups in total. The molecule has 6 heteroatoms. The van der Waals surface area contributed by atoms with Crippen LogP contribution in [0.25, 0.3) is 32.4 Å². The van der Waals surface area contributed by atoms with Crippen LogP contribution in [0.3, 0.4) is 0 Å². The van der Waals surface area contributed by atoms with Gasteiger partial charge in [0.1, 0.15) is 5.75 Å². The number of rotatable bonds is 1. The first-order valence-electron chi connectivity index (χ1n) is 8.30. The molecule has 4 aromatic rings. The van der Waals surface area contributed by atoms with Gasteiger partial charge in [-0.05, 0) is 23.6 Å². The summed E-state index contributed by atoms with van der Waals surface area (Å²) in [5.41, 5.74) is 0.999. The molecule has 0 unspecified atom stereocenters. The second kappa shape index (κ2) is 4.82. The Morgan fingerprint density at radius 3 is 2.54 bits per heavy atom. The van der Waals surface area contributed by atoms with Gasteiger partial charge < -0.3 is 23.7 Å². The summed E-state index contributed by atoms with van der Waals surface area (Å²) in [5.74, 6) is 3.73. The zero-order valence-corrected chi connectivity index (χ0v) is 13.9. The Balaban J connectivity index is 1.79. The van der Waals surface area contributed by atoms with Crippen molar-refractivity contribution in [1.29, 1.82) is 0 Å². The van der Waals surface area contributed by atoms with E-state index in [0.29, 0.717) is 5.75 Å². The molecular formula is C20H14NO5+. The zero-order chi connectivity index (χ0) is 17.3. The maximum Gasteiger partial charge on any atom is 0.231 e. The molecule has 3 heterocycles. The van der Waals surface area contributed by atoms with Crippen LogP contribution in [0, 0.1) is 0 Å². The lowest BCUT2D eigenvalue weighted by molar-refractivity contribution is -0.341. The molecule has 6 rings (SSSR count). The van der Waals surface area contributed by atoms with Crippen LogP contribution in [-0.2, 0) is 0 Å². The zero-order valence-electron chi connectivity index (χ0n) is 13.9. The number of hydrogen-bond acceptors (Lipinski definition) is 5. The number of aromatic amines is 1. The summed E-state index contributed by atoms with van der Waals surface area (Å²) in [5, 5.41) is 5.10. The normalized spacial score (nSPS) is 14.5. The molecule has 0 amide bonds. The SMILES string of the molecule is COc1cc2c(c3c1c[nH+]c1c4cc5c(cc4ccc13)OCO5)OCO2.